The number of fused-ring (bicyclic) bond motifs is 1. The van der Waals surface area contributed by atoms with Crippen LogP contribution in [0.1, 0.15) is 49.4 Å². The zero-order valence-electron chi connectivity index (χ0n) is 21.4. The lowest BCUT2D eigenvalue weighted by atomic mass is 10.0. The van der Waals surface area contributed by atoms with Crippen molar-refractivity contribution in [3.63, 3.8) is 0 Å². The number of aromatic nitrogens is 2. The number of aliphatic hydroxyl groups is 1. The van der Waals surface area contributed by atoms with E-state index in [2.05, 4.69) is 20.9 Å². The van der Waals surface area contributed by atoms with Crippen molar-refractivity contribution < 1.29 is 22.8 Å². The summed E-state index contributed by atoms with van der Waals surface area (Å²) in [5.74, 6) is 1.19. The van der Waals surface area contributed by atoms with Crippen LogP contribution in [0.3, 0.4) is 0 Å². The van der Waals surface area contributed by atoms with Crippen molar-refractivity contribution in [1.82, 2.24) is 19.8 Å². The van der Waals surface area contributed by atoms with Crippen LogP contribution in [0.5, 0.6) is 5.75 Å². The lowest BCUT2D eigenvalue weighted by Crippen LogP contribution is -2.35. The van der Waals surface area contributed by atoms with E-state index in [-0.39, 0.29) is 29.9 Å². The number of nitriles is 1. The fourth-order valence-corrected chi connectivity index (χ4v) is 6.38. The predicted octanol–water partition coefficient (Wildman–Crippen LogP) is 3.04. The fourth-order valence-electron chi connectivity index (χ4n) is 5.08. The molecule has 0 unspecified atom stereocenters. The van der Waals surface area contributed by atoms with E-state index in [9.17, 15) is 18.8 Å². The van der Waals surface area contributed by atoms with Crippen LogP contribution in [0.2, 0.25) is 0 Å². The Morgan fingerprint density at radius 2 is 2.13 bits per heavy atom. The molecule has 0 saturated carbocycles. The first-order chi connectivity index (χ1) is 18.2. The Balaban J connectivity index is 1.32. The van der Waals surface area contributed by atoms with Gasteiger partial charge in [0.1, 0.15) is 11.8 Å². The molecule has 1 saturated heterocycles. The zero-order chi connectivity index (χ0) is 26.9. The average Bonchev–Trinajstić information content (AvgIpc) is 3.63. The molecule has 2 N–H and O–H groups in total. The maximum Gasteiger partial charge on any atom is 0.258 e. The van der Waals surface area contributed by atoms with Crippen molar-refractivity contribution in [2.75, 3.05) is 25.4 Å². The molecule has 1 aliphatic heterocycles. The first-order valence-electron chi connectivity index (χ1n) is 12.8. The molecule has 38 heavy (non-hydrogen) atoms. The summed E-state index contributed by atoms with van der Waals surface area (Å²) in [6.07, 6.45) is 1.57. The first kappa shape index (κ1) is 26.3. The van der Waals surface area contributed by atoms with E-state index in [1.807, 2.05) is 36.9 Å². The van der Waals surface area contributed by atoms with Gasteiger partial charge in [-0.1, -0.05) is 23.4 Å². The van der Waals surface area contributed by atoms with Gasteiger partial charge in [-0.25, -0.2) is 13.1 Å². The molecule has 0 amide bonds. The lowest BCUT2D eigenvalue weighted by molar-refractivity contribution is 0.178. The predicted molar refractivity (Wildman–Crippen MR) is 141 cm³/mol. The summed E-state index contributed by atoms with van der Waals surface area (Å²) in [6.45, 7) is 5.43. The van der Waals surface area contributed by atoms with Crippen molar-refractivity contribution in [2.45, 2.75) is 51.4 Å². The summed E-state index contributed by atoms with van der Waals surface area (Å²) in [5, 5.41) is 23.4. The van der Waals surface area contributed by atoms with E-state index in [1.54, 1.807) is 18.2 Å². The second kappa shape index (κ2) is 10.8. The van der Waals surface area contributed by atoms with Crippen molar-refractivity contribution in [1.29, 1.82) is 5.26 Å². The van der Waals surface area contributed by atoms with E-state index in [1.165, 1.54) is 0 Å². The van der Waals surface area contributed by atoms with E-state index in [0.29, 0.717) is 61.6 Å². The Kier molecular flexibility index (Phi) is 7.49. The Morgan fingerprint density at radius 1 is 1.29 bits per heavy atom. The van der Waals surface area contributed by atoms with Crippen molar-refractivity contribution in [3.05, 3.63) is 53.1 Å². The molecular weight excluding hydrogens is 506 g/mol. The second-order valence-electron chi connectivity index (χ2n) is 10.1. The SMILES string of the molecule is CC(C)Oc1ccc(-c2nc(-c3cccc4c3CC[C@@H]4NS(=O)(=O)CCN3CC[C@H](O)C3)no2)cc1C#N. The topological polar surface area (TPSA) is 142 Å². The molecule has 11 heteroatoms. The molecule has 0 radical (unpaired) electrons. The van der Waals surface area contributed by atoms with Gasteiger partial charge in [0, 0.05) is 36.8 Å². The largest absolute Gasteiger partial charge is 0.490 e. The minimum Gasteiger partial charge on any atom is -0.490 e. The van der Waals surface area contributed by atoms with Gasteiger partial charge < -0.3 is 14.4 Å². The normalized spacial score (nSPS) is 19.6. The van der Waals surface area contributed by atoms with E-state index >= 15 is 0 Å². The summed E-state index contributed by atoms with van der Waals surface area (Å²) in [6, 6.07) is 12.7. The van der Waals surface area contributed by atoms with Gasteiger partial charge in [-0.05, 0) is 62.4 Å². The highest BCUT2D eigenvalue weighted by Crippen LogP contribution is 2.38. The number of aliphatic hydroxyl groups excluding tert-OH is 1. The van der Waals surface area contributed by atoms with Crippen LogP contribution in [0.4, 0.5) is 0 Å². The van der Waals surface area contributed by atoms with Gasteiger partial charge in [-0.2, -0.15) is 10.2 Å². The monoisotopic (exact) mass is 537 g/mol. The highest BCUT2D eigenvalue weighted by atomic mass is 32.2. The summed E-state index contributed by atoms with van der Waals surface area (Å²) >= 11 is 0. The summed E-state index contributed by atoms with van der Waals surface area (Å²) in [5.41, 5.74) is 3.70. The van der Waals surface area contributed by atoms with Crippen LogP contribution in [-0.4, -0.2) is 66.2 Å². The number of likely N-dealkylation sites (tertiary alicyclic amines) is 1. The molecule has 5 rings (SSSR count). The van der Waals surface area contributed by atoms with Gasteiger partial charge in [0.25, 0.3) is 5.89 Å². The second-order valence-corrected chi connectivity index (χ2v) is 11.9. The van der Waals surface area contributed by atoms with Crippen LogP contribution in [0.15, 0.2) is 40.9 Å². The summed E-state index contributed by atoms with van der Waals surface area (Å²) < 4.78 is 39.7. The molecule has 0 bridgehead atoms. The standard InChI is InChI=1S/C27H31N5O5S/c1-17(2)36-25-9-6-18(14-19(25)15-28)27-29-26(30-37-27)23-5-3-4-22-21(23)7-8-24(22)31-38(34,35)13-12-32-11-10-20(33)16-32/h3-6,9,14,17,20,24,31,33H,7-8,10-13,16H2,1-2H3/t20-,24-/m0/s1. The van der Waals surface area contributed by atoms with Crippen molar-refractivity contribution in [3.8, 4) is 34.7 Å². The molecule has 0 spiro atoms. The van der Waals surface area contributed by atoms with Gasteiger partial charge >= 0.3 is 0 Å². The number of nitrogens with zero attached hydrogens (tertiary/aromatic N) is 4. The van der Waals surface area contributed by atoms with Crippen molar-refractivity contribution in [2.24, 2.45) is 0 Å². The Morgan fingerprint density at radius 3 is 2.87 bits per heavy atom. The molecule has 1 aliphatic carbocycles. The number of rotatable bonds is 9. The smallest absolute Gasteiger partial charge is 0.258 e. The van der Waals surface area contributed by atoms with Gasteiger partial charge in [0.2, 0.25) is 15.8 Å². The van der Waals surface area contributed by atoms with E-state index in [0.717, 1.165) is 16.7 Å². The maximum absolute atomic E-state index is 12.8. The van der Waals surface area contributed by atoms with Gasteiger partial charge in [0.05, 0.1) is 23.5 Å². The maximum atomic E-state index is 12.8. The molecule has 10 nitrogen and oxygen atoms in total. The van der Waals surface area contributed by atoms with Crippen LogP contribution < -0.4 is 9.46 Å². The third kappa shape index (κ3) is 5.73. The molecule has 2 aromatic carbocycles. The number of β-amino-alcohol motifs (C(OH)–C–C–N with tert-alkyl or cyclic N) is 1. The fraction of sp³-hybridized carbons (Fsp3) is 0.444. The number of ether oxygens (including phenoxy) is 1. The average molecular weight is 538 g/mol. The number of sulfonamides is 1. The molecule has 1 fully saturated rings. The third-order valence-corrected chi connectivity index (χ3v) is 8.26. The van der Waals surface area contributed by atoms with E-state index < -0.39 is 10.0 Å². The lowest BCUT2D eigenvalue weighted by Gasteiger charge is -2.18. The minimum absolute atomic E-state index is 0.00880. The van der Waals surface area contributed by atoms with E-state index in [4.69, 9.17) is 9.26 Å². The summed E-state index contributed by atoms with van der Waals surface area (Å²) in [7, 11) is -3.50. The Bertz CT molecular complexity index is 1460. The Hall–Kier alpha value is -3.30. The number of hydrogen-bond donors (Lipinski definition) is 2. The number of nitrogens with one attached hydrogen (secondary N) is 1. The third-order valence-electron chi connectivity index (χ3n) is 6.89. The Labute approximate surface area is 222 Å². The van der Waals surface area contributed by atoms with Crippen LogP contribution in [0.25, 0.3) is 22.8 Å². The number of benzene rings is 2. The highest BCUT2D eigenvalue weighted by molar-refractivity contribution is 7.89. The molecule has 2 heterocycles. The van der Waals surface area contributed by atoms with Crippen LogP contribution >= 0.6 is 0 Å². The van der Waals surface area contributed by atoms with Crippen LogP contribution in [-0.2, 0) is 16.4 Å². The minimum atomic E-state index is -3.50. The first-order valence-corrected chi connectivity index (χ1v) is 14.4. The molecule has 1 aromatic heterocycles. The van der Waals surface area contributed by atoms with Gasteiger partial charge in [-0.15, -0.1) is 0 Å². The van der Waals surface area contributed by atoms with Crippen molar-refractivity contribution >= 4 is 10.0 Å². The van der Waals surface area contributed by atoms with Gasteiger partial charge in [-0.3, -0.25) is 4.90 Å². The number of hydrogen-bond acceptors (Lipinski definition) is 9. The van der Waals surface area contributed by atoms with Crippen LogP contribution in [0, 0.1) is 11.3 Å². The highest BCUT2D eigenvalue weighted by Gasteiger charge is 2.30. The molecule has 2 atom stereocenters. The van der Waals surface area contributed by atoms with Gasteiger partial charge in [0.15, 0.2) is 0 Å². The molecule has 2 aliphatic rings. The summed E-state index contributed by atoms with van der Waals surface area (Å²) in [4.78, 5) is 6.56. The zero-order valence-corrected chi connectivity index (χ0v) is 22.2. The quantitative estimate of drug-likeness (QED) is 0.421. The molecule has 200 valence electrons. The molecule has 3 aromatic rings. The molecular formula is C27H31N5O5S.